The molecular weight excluding hydrogens is 206 g/mol. The molecule has 1 aromatic rings. The van der Waals surface area contributed by atoms with Crippen molar-refractivity contribution in [3.8, 4) is 0 Å². The molecule has 1 atom stereocenters. The predicted octanol–water partition coefficient (Wildman–Crippen LogP) is 3.27. The van der Waals surface area contributed by atoms with Crippen molar-refractivity contribution < 1.29 is 13.9 Å². The molecule has 0 fully saturated rings. The zero-order valence-electron chi connectivity index (χ0n) is 7.58. The van der Waals surface area contributed by atoms with Crippen LogP contribution in [0.2, 0.25) is 0 Å². The number of rotatable bonds is 3. The van der Waals surface area contributed by atoms with E-state index in [1.54, 1.807) is 30.3 Å². The van der Waals surface area contributed by atoms with E-state index in [1.165, 1.54) is 6.92 Å². The predicted molar refractivity (Wildman–Crippen MR) is 53.2 cm³/mol. The van der Waals surface area contributed by atoms with Crippen LogP contribution in [0.5, 0.6) is 0 Å². The number of thioether (sulfide) groups is 1. The van der Waals surface area contributed by atoms with E-state index < -0.39 is 17.1 Å². The van der Waals surface area contributed by atoms with E-state index in [2.05, 4.69) is 0 Å². The van der Waals surface area contributed by atoms with Crippen molar-refractivity contribution in [3.05, 3.63) is 41.3 Å². The van der Waals surface area contributed by atoms with Gasteiger partial charge in [0.2, 0.25) is 0 Å². The summed E-state index contributed by atoms with van der Waals surface area (Å²) in [6.45, 7) is 1.18. The molecule has 1 rings (SSSR count). The molecule has 1 unspecified atom stereocenters. The fraction of sp³-hybridized carbons (Fsp3) is 0.200. The monoisotopic (exact) mass is 216 g/mol. The zero-order chi connectivity index (χ0) is 10.6. The SMILES string of the molecule is CC(O)/C(F)=C(\F)Sc1ccccc1. The summed E-state index contributed by atoms with van der Waals surface area (Å²) in [5.41, 5.74) is 0. The van der Waals surface area contributed by atoms with E-state index in [0.717, 1.165) is 0 Å². The maximum atomic E-state index is 13.0. The van der Waals surface area contributed by atoms with E-state index >= 15 is 0 Å². The Morgan fingerprint density at radius 2 is 1.86 bits per heavy atom. The van der Waals surface area contributed by atoms with Gasteiger partial charge in [0.15, 0.2) is 11.0 Å². The van der Waals surface area contributed by atoms with Crippen LogP contribution in [0.25, 0.3) is 0 Å². The van der Waals surface area contributed by atoms with Crippen LogP contribution >= 0.6 is 11.8 Å². The Labute approximate surface area is 85.4 Å². The molecule has 0 heterocycles. The Morgan fingerprint density at radius 3 is 2.36 bits per heavy atom. The summed E-state index contributed by atoms with van der Waals surface area (Å²) in [4.78, 5) is 0.598. The van der Waals surface area contributed by atoms with E-state index in [9.17, 15) is 8.78 Å². The van der Waals surface area contributed by atoms with Gasteiger partial charge in [-0.05, 0) is 19.1 Å². The molecule has 0 aliphatic rings. The van der Waals surface area contributed by atoms with E-state index in [1.807, 2.05) is 0 Å². The molecule has 1 N–H and O–H groups in total. The van der Waals surface area contributed by atoms with Crippen LogP contribution in [0.1, 0.15) is 6.92 Å². The van der Waals surface area contributed by atoms with Gasteiger partial charge in [0.25, 0.3) is 0 Å². The lowest BCUT2D eigenvalue weighted by Gasteiger charge is -2.02. The molecule has 1 nitrogen and oxygen atoms in total. The van der Waals surface area contributed by atoms with Crippen molar-refractivity contribution in [1.82, 2.24) is 0 Å². The lowest BCUT2D eigenvalue weighted by Crippen LogP contribution is -2.00. The summed E-state index contributed by atoms with van der Waals surface area (Å²) < 4.78 is 25.9. The highest BCUT2D eigenvalue weighted by Gasteiger charge is 2.12. The van der Waals surface area contributed by atoms with Crippen LogP contribution in [0.3, 0.4) is 0 Å². The second-order valence-electron chi connectivity index (χ2n) is 2.71. The lowest BCUT2D eigenvalue weighted by atomic mass is 10.4. The molecule has 0 saturated carbocycles. The molecule has 0 aromatic heterocycles. The third kappa shape index (κ3) is 3.12. The van der Waals surface area contributed by atoms with Crippen LogP contribution in [0, 0.1) is 0 Å². The van der Waals surface area contributed by atoms with Crippen molar-refractivity contribution in [1.29, 1.82) is 0 Å². The Morgan fingerprint density at radius 1 is 1.29 bits per heavy atom. The van der Waals surface area contributed by atoms with Gasteiger partial charge in [0.05, 0.1) is 0 Å². The minimum atomic E-state index is -1.40. The van der Waals surface area contributed by atoms with Gasteiger partial charge in [-0.25, -0.2) is 4.39 Å². The Kier molecular flexibility index (Phi) is 4.10. The molecule has 0 aliphatic carbocycles. The highest BCUT2D eigenvalue weighted by Crippen LogP contribution is 2.31. The Bertz CT molecular complexity index is 322. The summed E-state index contributed by atoms with van der Waals surface area (Å²) in [5, 5.41) is 7.79. The first kappa shape index (κ1) is 11.2. The number of aliphatic hydroxyl groups excluding tert-OH is 1. The van der Waals surface area contributed by atoms with Crippen molar-refractivity contribution in [3.63, 3.8) is 0 Å². The number of hydrogen-bond acceptors (Lipinski definition) is 2. The van der Waals surface area contributed by atoms with Crippen LogP contribution in [-0.2, 0) is 0 Å². The molecule has 4 heteroatoms. The van der Waals surface area contributed by atoms with E-state index in [-0.39, 0.29) is 0 Å². The van der Waals surface area contributed by atoms with Crippen molar-refractivity contribution >= 4 is 11.8 Å². The van der Waals surface area contributed by atoms with Crippen LogP contribution < -0.4 is 0 Å². The fourth-order valence-electron chi connectivity index (χ4n) is 0.805. The summed E-state index contributed by atoms with van der Waals surface area (Å²) in [6, 6.07) is 8.58. The fourth-order valence-corrected chi connectivity index (χ4v) is 1.57. The smallest absolute Gasteiger partial charge is 0.195 e. The number of benzene rings is 1. The Hall–Kier alpha value is -0.870. The molecule has 0 aliphatic heterocycles. The van der Waals surface area contributed by atoms with Crippen LogP contribution in [0.15, 0.2) is 46.2 Å². The highest BCUT2D eigenvalue weighted by atomic mass is 32.2. The largest absolute Gasteiger partial charge is 0.386 e. The zero-order valence-corrected chi connectivity index (χ0v) is 8.39. The second-order valence-corrected chi connectivity index (χ2v) is 3.75. The van der Waals surface area contributed by atoms with E-state index in [4.69, 9.17) is 5.11 Å². The molecule has 14 heavy (non-hydrogen) atoms. The minimum absolute atomic E-state index is 0.598. The third-order valence-electron chi connectivity index (χ3n) is 1.51. The maximum absolute atomic E-state index is 13.0. The molecular formula is C10H10F2OS. The summed E-state index contributed by atoms with van der Waals surface area (Å²) in [7, 11) is 0. The molecule has 0 spiro atoms. The summed E-state index contributed by atoms with van der Waals surface area (Å²) in [6.07, 6.45) is -1.40. The van der Waals surface area contributed by atoms with Gasteiger partial charge in [-0.3, -0.25) is 0 Å². The first-order valence-corrected chi connectivity index (χ1v) is 4.89. The van der Waals surface area contributed by atoms with Gasteiger partial charge in [-0.15, -0.1) is 0 Å². The molecule has 0 bridgehead atoms. The van der Waals surface area contributed by atoms with Crippen LogP contribution in [-0.4, -0.2) is 11.2 Å². The molecule has 0 saturated heterocycles. The summed E-state index contributed by atoms with van der Waals surface area (Å²) in [5.74, 6) is -1.13. The van der Waals surface area contributed by atoms with Gasteiger partial charge in [-0.2, -0.15) is 4.39 Å². The first-order valence-electron chi connectivity index (χ1n) is 4.07. The van der Waals surface area contributed by atoms with Gasteiger partial charge in [0.1, 0.15) is 6.10 Å². The van der Waals surface area contributed by atoms with Gasteiger partial charge < -0.3 is 5.11 Å². The standard InChI is InChI=1S/C10H10F2OS/c1-7(13)9(11)10(12)14-8-5-3-2-4-6-8/h2-7,13H,1H3/b10-9-. The van der Waals surface area contributed by atoms with Crippen molar-refractivity contribution in [2.75, 3.05) is 0 Å². The minimum Gasteiger partial charge on any atom is -0.386 e. The average molecular weight is 216 g/mol. The topological polar surface area (TPSA) is 20.2 Å². The first-order chi connectivity index (χ1) is 6.61. The average Bonchev–Trinajstić information content (AvgIpc) is 2.18. The molecule has 0 amide bonds. The molecule has 76 valence electrons. The highest BCUT2D eigenvalue weighted by molar-refractivity contribution is 8.02. The second kappa shape index (κ2) is 5.12. The van der Waals surface area contributed by atoms with Crippen molar-refractivity contribution in [2.24, 2.45) is 0 Å². The van der Waals surface area contributed by atoms with Gasteiger partial charge in [0, 0.05) is 4.90 Å². The van der Waals surface area contributed by atoms with E-state index in [0.29, 0.717) is 16.7 Å². The number of aliphatic hydroxyl groups is 1. The third-order valence-corrected chi connectivity index (χ3v) is 2.39. The van der Waals surface area contributed by atoms with Gasteiger partial charge >= 0.3 is 0 Å². The maximum Gasteiger partial charge on any atom is 0.195 e. The van der Waals surface area contributed by atoms with Crippen LogP contribution in [0.4, 0.5) is 8.78 Å². The number of halogens is 2. The number of hydrogen-bond donors (Lipinski definition) is 1. The summed E-state index contributed by atoms with van der Waals surface area (Å²) >= 11 is 0.658. The Balaban J connectivity index is 2.75. The molecule has 1 aromatic carbocycles. The molecule has 0 radical (unpaired) electrons. The quantitative estimate of drug-likeness (QED) is 0.782. The van der Waals surface area contributed by atoms with Crippen molar-refractivity contribution in [2.45, 2.75) is 17.9 Å². The lowest BCUT2D eigenvalue weighted by molar-refractivity contribution is 0.197. The normalized spacial score (nSPS) is 14.9. The van der Waals surface area contributed by atoms with Gasteiger partial charge in [-0.1, -0.05) is 30.0 Å².